The second-order valence-electron chi connectivity index (χ2n) is 3.72. The maximum absolute atomic E-state index is 13.2. The number of hydrogen-bond donors (Lipinski definition) is 0. The lowest BCUT2D eigenvalue weighted by atomic mass is 9.99. The smallest absolute Gasteiger partial charge is 0.209 e. The molecule has 0 aromatic heterocycles. The molecule has 4 atom stereocenters. The van der Waals surface area contributed by atoms with Gasteiger partial charge in [0.15, 0.2) is 0 Å². The normalized spacial score (nSPS) is 46.9. The van der Waals surface area contributed by atoms with Gasteiger partial charge in [0.05, 0.1) is 6.04 Å². The van der Waals surface area contributed by atoms with Gasteiger partial charge in [-0.05, 0) is 19.9 Å². The van der Waals surface area contributed by atoms with Crippen molar-refractivity contribution in [2.75, 3.05) is 7.05 Å². The van der Waals surface area contributed by atoms with Gasteiger partial charge in [-0.25, -0.2) is 4.39 Å². The van der Waals surface area contributed by atoms with E-state index in [9.17, 15) is 9.18 Å². The third-order valence-corrected chi connectivity index (χ3v) is 3.80. The molecule has 2 nitrogen and oxygen atoms in total. The van der Waals surface area contributed by atoms with Crippen LogP contribution < -0.4 is 0 Å². The molecule has 0 N–H and O–H groups in total. The molecule has 0 aromatic rings. The summed E-state index contributed by atoms with van der Waals surface area (Å²) in [4.78, 5) is 13.2. The average Bonchev–Trinajstić information content (AvgIpc) is 2.44. The van der Waals surface area contributed by atoms with Gasteiger partial charge in [0.2, 0.25) is 3.79 Å². The highest BCUT2D eigenvalue weighted by Crippen LogP contribution is 2.43. The fourth-order valence-corrected chi connectivity index (χ4v) is 3.41. The minimum absolute atomic E-state index is 0.0237. The molecule has 0 radical (unpaired) electrons. The summed E-state index contributed by atoms with van der Waals surface area (Å²) < 4.78 is 13.3. The molecule has 1 saturated heterocycles. The molecule has 0 aromatic carbocycles. The minimum atomic E-state index is -0.741. The Morgan fingerprint density at radius 2 is 2.25 bits per heavy atom. The molecular weight excluding hydrogens is 272 g/mol. The highest BCUT2D eigenvalue weighted by Gasteiger charge is 2.52. The predicted octanol–water partition coefficient (Wildman–Crippen LogP) is 1.38. The van der Waals surface area contributed by atoms with Crippen molar-refractivity contribution in [1.29, 1.82) is 0 Å². The fourth-order valence-electron chi connectivity index (χ4n) is 2.51. The minimum Gasteiger partial charge on any atom is -0.293 e. The Kier molecular flexibility index (Phi) is 2.15. The number of nitrogens with zero attached hydrogens (tertiary/aromatic N) is 1. The van der Waals surface area contributed by atoms with Crippen LogP contribution in [0.1, 0.15) is 12.8 Å². The Morgan fingerprint density at radius 3 is 2.67 bits per heavy atom. The molecule has 1 unspecified atom stereocenters. The summed E-state index contributed by atoms with van der Waals surface area (Å²) in [5.41, 5.74) is 0. The summed E-state index contributed by atoms with van der Waals surface area (Å²) in [5.74, 6) is -0.0237. The molecule has 1 aliphatic carbocycles. The number of halogens is 2. The van der Waals surface area contributed by atoms with Crippen LogP contribution in [0, 0.1) is 5.92 Å². The van der Waals surface area contributed by atoms with Crippen LogP contribution in [-0.4, -0.2) is 34.0 Å². The van der Waals surface area contributed by atoms with E-state index in [0.717, 1.165) is 6.42 Å². The number of likely N-dealkylation sites (N-methyl/N-ethyl adjacent to an activating group) is 1. The van der Waals surface area contributed by atoms with E-state index in [1.807, 2.05) is 11.9 Å². The van der Waals surface area contributed by atoms with E-state index < -0.39 is 6.17 Å². The zero-order chi connectivity index (χ0) is 8.88. The summed E-state index contributed by atoms with van der Waals surface area (Å²) in [7, 11) is 1.93. The molecule has 2 rings (SSSR count). The van der Waals surface area contributed by atoms with Crippen LogP contribution in [0.2, 0.25) is 0 Å². The number of hydrogen-bond acceptors (Lipinski definition) is 2. The van der Waals surface area contributed by atoms with Gasteiger partial charge >= 0.3 is 0 Å². The van der Waals surface area contributed by atoms with E-state index >= 15 is 0 Å². The van der Waals surface area contributed by atoms with Crippen LogP contribution in [0.5, 0.6) is 0 Å². The molecular formula is C8H11FINO. The molecule has 12 heavy (non-hydrogen) atoms. The van der Waals surface area contributed by atoms with Gasteiger partial charge in [0.25, 0.3) is 0 Å². The molecule has 68 valence electrons. The number of carbonyl (C=O) groups is 1. The topological polar surface area (TPSA) is 20.3 Å². The number of carbonyl (C=O) groups excluding carboxylic acids is 1. The number of likely N-dealkylation sites (tertiary alicyclic amines) is 1. The van der Waals surface area contributed by atoms with E-state index in [1.165, 1.54) is 0 Å². The first-order valence-electron chi connectivity index (χ1n) is 4.16. The van der Waals surface area contributed by atoms with Gasteiger partial charge in [-0.1, -0.05) is 0 Å². The Hall–Kier alpha value is 0.290. The van der Waals surface area contributed by atoms with Crippen molar-refractivity contribution in [1.82, 2.24) is 4.90 Å². The number of piperidine rings is 1. The van der Waals surface area contributed by atoms with Crippen LogP contribution in [0.15, 0.2) is 0 Å². The second kappa shape index (κ2) is 2.90. The largest absolute Gasteiger partial charge is 0.293 e. The van der Waals surface area contributed by atoms with Gasteiger partial charge in [-0.15, -0.1) is 0 Å². The zero-order valence-corrected chi connectivity index (χ0v) is 8.99. The Labute approximate surface area is 84.6 Å². The first-order valence-corrected chi connectivity index (χ1v) is 5.24. The van der Waals surface area contributed by atoms with Crippen LogP contribution in [0.3, 0.4) is 0 Å². The quantitative estimate of drug-likeness (QED) is 0.535. The van der Waals surface area contributed by atoms with Crippen molar-refractivity contribution in [3.63, 3.8) is 0 Å². The lowest BCUT2D eigenvalue weighted by Crippen LogP contribution is -2.45. The molecule has 2 fully saturated rings. The number of rotatable bonds is 1. The van der Waals surface area contributed by atoms with Crippen molar-refractivity contribution in [3.8, 4) is 0 Å². The summed E-state index contributed by atoms with van der Waals surface area (Å²) >= 11 is 1.78. The van der Waals surface area contributed by atoms with Crippen molar-refractivity contribution < 1.29 is 9.18 Å². The van der Waals surface area contributed by atoms with Gasteiger partial charge < -0.3 is 0 Å². The van der Waals surface area contributed by atoms with Crippen LogP contribution in [0.4, 0.5) is 4.39 Å². The van der Waals surface area contributed by atoms with Gasteiger partial charge in [-0.2, -0.15) is 0 Å². The predicted molar refractivity (Wildman–Crippen MR) is 52.0 cm³/mol. The van der Waals surface area contributed by atoms with Crippen LogP contribution >= 0.6 is 22.6 Å². The van der Waals surface area contributed by atoms with E-state index in [2.05, 4.69) is 0 Å². The molecule has 1 aliphatic heterocycles. The third-order valence-electron chi connectivity index (χ3n) is 3.16. The maximum Gasteiger partial charge on any atom is 0.209 e. The standard InChI is InChI=1S/C8H11FINO/c1-11-4-2-5(6(9)3-4)7(11)8(10)12/h4-7H,2-3H2,1H3/t4?,5-,6+,7+/m1/s1. The number of fused-ring (bicyclic) bond motifs is 2. The summed E-state index contributed by atoms with van der Waals surface area (Å²) in [6, 6.07) is 0.160. The first kappa shape index (κ1) is 8.87. The molecule has 0 spiro atoms. The lowest BCUT2D eigenvalue weighted by molar-refractivity contribution is -0.115. The molecule has 2 bridgehead atoms. The number of alkyl halides is 1. The van der Waals surface area contributed by atoms with E-state index in [1.54, 1.807) is 22.6 Å². The summed E-state index contributed by atoms with van der Waals surface area (Å²) in [6.07, 6.45) is 0.758. The molecule has 1 heterocycles. The SMILES string of the molecule is CN1C2C[C@@H]([C@H]1C(=O)I)[C@@H](F)C2. The first-order chi connectivity index (χ1) is 5.61. The van der Waals surface area contributed by atoms with Crippen molar-refractivity contribution in [3.05, 3.63) is 0 Å². The maximum atomic E-state index is 13.2. The summed E-state index contributed by atoms with van der Waals surface area (Å²) in [6.45, 7) is 0. The van der Waals surface area contributed by atoms with Crippen LogP contribution in [-0.2, 0) is 4.79 Å². The average molecular weight is 283 g/mol. The van der Waals surface area contributed by atoms with Crippen LogP contribution in [0.25, 0.3) is 0 Å². The van der Waals surface area contributed by atoms with E-state index in [-0.39, 0.29) is 15.7 Å². The van der Waals surface area contributed by atoms with Gasteiger partial charge in [0, 0.05) is 34.6 Å². The van der Waals surface area contributed by atoms with E-state index in [4.69, 9.17) is 0 Å². The highest BCUT2D eigenvalue weighted by molar-refractivity contribution is 14.1. The van der Waals surface area contributed by atoms with Gasteiger partial charge in [0.1, 0.15) is 6.17 Å². The molecule has 4 heteroatoms. The summed E-state index contributed by atoms with van der Waals surface area (Å²) in [5, 5.41) is 0. The molecule has 0 amide bonds. The highest BCUT2D eigenvalue weighted by atomic mass is 127. The molecule has 1 saturated carbocycles. The zero-order valence-electron chi connectivity index (χ0n) is 6.84. The Morgan fingerprint density at radius 1 is 1.58 bits per heavy atom. The lowest BCUT2D eigenvalue weighted by Gasteiger charge is -2.31. The second-order valence-corrected chi connectivity index (χ2v) is 4.78. The monoisotopic (exact) mass is 283 g/mol. The Bertz CT molecular complexity index is 223. The van der Waals surface area contributed by atoms with Crippen molar-refractivity contribution in [2.24, 2.45) is 5.92 Å². The van der Waals surface area contributed by atoms with E-state index in [0.29, 0.717) is 12.5 Å². The molecule has 2 aliphatic rings. The third kappa shape index (κ3) is 1.11. The van der Waals surface area contributed by atoms with Gasteiger partial charge in [-0.3, -0.25) is 9.69 Å². The Balaban J connectivity index is 2.20. The van der Waals surface area contributed by atoms with Crippen molar-refractivity contribution >= 4 is 26.4 Å². The van der Waals surface area contributed by atoms with Crippen molar-refractivity contribution in [2.45, 2.75) is 31.1 Å². The fraction of sp³-hybridized carbons (Fsp3) is 0.875.